The van der Waals surface area contributed by atoms with Crippen molar-refractivity contribution in [2.45, 2.75) is 39.3 Å². The molecule has 1 unspecified atom stereocenters. The molecule has 0 spiro atoms. The quantitative estimate of drug-likeness (QED) is 0.237. The number of aliphatic hydroxyl groups is 1. The maximum absolute atomic E-state index is 10.6. The van der Waals surface area contributed by atoms with Gasteiger partial charge in [-0.2, -0.15) is 5.10 Å². The van der Waals surface area contributed by atoms with E-state index in [1.807, 2.05) is 48.4 Å². The van der Waals surface area contributed by atoms with Gasteiger partial charge in [0.1, 0.15) is 5.60 Å². The van der Waals surface area contributed by atoms with Gasteiger partial charge in [-0.1, -0.05) is 6.07 Å². The Morgan fingerprint density at radius 3 is 2.84 bits per heavy atom. The van der Waals surface area contributed by atoms with Crippen LogP contribution in [0.3, 0.4) is 0 Å². The van der Waals surface area contributed by atoms with E-state index in [4.69, 9.17) is 0 Å². The van der Waals surface area contributed by atoms with Crippen molar-refractivity contribution in [1.29, 1.82) is 0 Å². The summed E-state index contributed by atoms with van der Waals surface area (Å²) in [5.41, 5.74) is 0.233. The predicted octanol–water partition coefficient (Wildman–Crippen LogP) is 2.72. The van der Waals surface area contributed by atoms with E-state index in [9.17, 15) is 5.11 Å². The number of halogens is 1. The molecular formula is C17H28IN5OS. The number of rotatable bonds is 8. The first-order valence-corrected chi connectivity index (χ1v) is 9.17. The van der Waals surface area contributed by atoms with Gasteiger partial charge in [-0.25, -0.2) is 4.99 Å². The van der Waals surface area contributed by atoms with Crippen LogP contribution in [0.5, 0.6) is 0 Å². The van der Waals surface area contributed by atoms with Gasteiger partial charge in [-0.15, -0.1) is 35.3 Å². The van der Waals surface area contributed by atoms with E-state index in [0.717, 1.165) is 36.9 Å². The molecule has 0 aromatic carbocycles. The molecule has 0 aliphatic rings. The minimum Gasteiger partial charge on any atom is -0.383 e. The highest BCUT2D eigenvalue weighted by atomic mass is 127. The first-order chi connectivity index (χ1) is 11.5. The van der Waals surface area contributed by atoms with Gasteiger partial charge in [0, 0.05) is 30.7 Å². The molecule has 0 amide bonds. The normalized spacial score (nSPS) is 13.8. The summed E-state index contributed by atoms with van der Waals surface area (Å²) < 4.78 is 1.95. The Labute approximate surface area is 170 Å². The second-order valence-electron chi connectivity index (χ2n) is 6.01. The summed E-state index contributed by atoms with van der Waals surface area (Å²) in [6, 6.07) is 3.88. The average molecular weight is 477 g/mol. The lowest BCUT2D eigenvalue weighted by Gasteiger charge is -2.20. The lowest BCUT2D eigenvalue weighted by Crippen LogP contribution is -2.39. The largest absolute Gasteiger partial charge is 0.383 e. The summed E-state index contributed by atoms with van der Waals surface area (Å²) in [6.07, 6.45) is 4.86. The molecule has 0 saturated carbocycles. The number of thiophene rings is 1. The molecule has 1 atom stereocenters. The van der Waals surface area contributed by atoms with Crippen molar-refractivity contribution in [1.82, 2.24) is 20.4 Å². The van der Waals surface area contributed by atoms with Crippen LogP contribution in [-0.2, 0) is 12.1 Å². The first-order valence-electron chi connectivity index (χ1n) is 8.29. The Bertz CT molecular complexity index is 639. The fourth-order valence-corrected chi connectivity index (χ4v) is 3.05. The Morgan fingerprint density at radius 1 is 1.44 bits per heavy atom. The highest BCUT2D eigenvalue weighted by Crippen LogP contribution is 2.25. The Hall–Kier alpha value is -1.13. The second-order valence-corrected chi connectivity index (χ2v) is 6.96. The summed E-state index contributed by atoms with van der Waals surface area (Å²) in [4.78, 5) is 5.45. The van der Waals surface area contributed by atoms with Gasteiger partial charge in [-0.3, -0.25) is 4.68 Å². The van der Waals surface area contributed by atoms with Crippen LogP contribution in [0.4, 0.5) is 0 Å². The lowest BCUT2D eigenvalue weighted by atomic mass is 10.1. The van der Waals surface area contributed by atoms with Crippen molar-refractivity contribution in [3.8, 4) is 0 Å². The van der Waals surface area contributed by atoms with E-state index in [1.54, 1.807) is 18.3 Å². The molecule has 0 fully saturated rings. The average Bonchev–Trinajstić information content (AvgIpc) is 3.21. The number of guanidine groups is 1. The van der Waals surface area contributed by atoms with E-state index >= 15 is 0 Å². The Kier molecular flexibility index (Phi) is 9.44. The van der Waals surface area contributed by atoms with E-state index in [2.05, 4.69) is 20.7 Å². The Morgan fingerprint density at radius 2 is 2.24 bits per heavy atom. The number of aliphatic imine (C=N–C) groups is 1. The zero-order valence-corrected chi connectivity index (χ0v) is 18.2. The van der Waals surface area contributed by atoms with Crippen LogP contribution in [0, 0.1) is 6.92 Å². The van der Waals surface area contributed by atoms with Gasteiger partial charge >= 0.3 is 0 Å². The van der Waals surface area contributed by atoms with E-state index in [1.165, 1.54) is 5.56 Å². The first kappa shape index (κ1) is 21.9. The highest BCUT2D eigenvalue weighted by molar-refractivity contribution is 14.0. The molecule has 2 heterocycles. The molecule has 0 aliphatic carbocycles. The van der Waals surface area contributed by atoms with Crippen molar-refractivity contribution in [3.05, 3.63) is 40.3 Å². The SMILES string of the molecule is CCNC(=NCC(C)(O)c1cccs1)NCCCn1cc(C)cn1.I. The van der Waals surface area contributed by atoms with Crippen molar-refractivity contribution < 1.29 is 5.11 Å². The summed E-state index contributed by atoms with van der Waals surface area (Å²) in [6.45, 7) is 8.63. The number of nitrogens with one attached hydrogen (secondary N) is 2. The molecule has 0 aliphatic heterocycles. The smallest absolute Gasteiger partial charge is 0.191 e. The lowest BCUT2D eigenvalue weighted by molar-refractivity contribution is 0.0711. The zero-order chi connectivity index (χ0) is 17.4. The fourth-order valence-electron chi connectivity index (χ4n) is 2.27. The standard InChI is InChI=1S/C17H27N5OS.HI/c1-4-18-16(19-8-6-9-22-12-14(2)11-21-22)20-13-17(3,23)15-7-5-10-24-15;/h5,7,10-12,23H,4,6,8-9,13H2,1-3H3,(H2,18,19,20);1H. The number of aryl methyl sites for hydroxylation is 2. The monoisotopic (exact) mass is 477 g/mol. The van der Waals surface area contributed by atoms with Gasteiger partial charge in [0.15, 0.2) is 5.96 Å². The van der Waals surface area contributed by atoms with Gasteiger partial charge < -0.3 is 15.7 Å². The Balaban J connectivity index is 0.00000312. The summed E-state index contributed by atoms with van der Waals surface area (Å²) >= 11 is 1.55. The van der Waals surface area contributed by atoms with Crippen LogP contribution in [0.1, 0.15) is 30.7 Å². The van der Waals surface area contributed by atoms with E-state index in [0.29, 0.717) is 6.54 Å². The molecule has 25 heavy (non-hydrogen) atoms. The van der Waals surface area contributed by atoms with Crippen LogP contribution in [0.2, 0.25) is 0 Å². The second kappa shape index (κ2) is 10.8. The van der Waals surface area contributed by atoms with Crippen LogP contribution in [-0.4, -0.2) is 40.5 Å². The summed E-state index contributed by atoms with van der Waals surface area (Å²) in [5, 5.41) is 23.3. The molecule has 0 radical (unpaired) electrons. The topological polar surface area (TPSA) is 74.5 Å². The molecule has 8 heteroatoms. The van der Waals surface area contributed by atoms with E-state index in [-0.39, 0.29) is 24.0 Å². The molecular weight excluding hydrogens is 449 g/mol. The van der Waals surface area contributed by atoms with Crippen molar-refractivity contribution in [3.63, 3.8) is 0 Å². The molecule has 2 aromatic rings. The van der Waals surface area contributed by atoms with Crippen molar-refractivity contribution >= 4 is 41.3 Å². The predicted molar refractivity (Wildman–Crippen MR) is 115 cm³/mol. The van der Waals surface area contributed by atoms with Gasteiger partial charge in [0.05, 0.1) is 12.7 Å². The fraction of sp³-hybridized carbons (Fsp3) is 0.529. The summed E-state index contributed by atoms with van der Waals surface area (Å²) in [7, 11) is 0. The molecule has 0 saturated heterocycles. The number of aromatic nitrogens is 2. The van der Waals surface area contributed by atoms with Gasteiger partial charge in [0.2, 0.25) is 0 Å². The molecule has 3 N–H and O–H groups in total. The summed E-state index contributed by atoms with van der Waals surface area (Å²) in [5.74, 6) is 0.728. The van der Waals surface area contributed by atoms with Crippen LogP contribution >= 0.6 is 35.3 Å². The van der Waals surface area contributed by atoms with Crippen molar-refractivity contribution in [2.24, 2.45) is 4.99 Å². The third-order valence-electron chi connectivity index (χ3n) is 3.56. The molecule has 6 nitrogen and oxygen atoms in total. The van der Waals surface area contributed by atoms with E-state index < -0.39 is 5.60 Å². The number of hydrogen-bond donors (Lipinski definition) is 3. The van der Waals surface area contributed by atoms with Crippen LogP contribution in [0.15, 0.2) is 34.9 Å². The highest BCUT2D eigenvalue weighted by Gasteiger charge is 2.23. The maximum atomic E-state index is 10.6. The minimum atomic E-state index is -0.941. The number of nitrogens with zero attached hydrogens (tertiary/aromatic N) is 3. The van der Waals surface area contributed by atoms with Gasteiger partial charge in [0.25, 0.3) is 0 Å². The molecule has 0 bridgehead atoms. The van der Waals surface area contributed by atoms with Crippen molar-refractivity contribution in [2.75, 3.05) is 19.6 Å². The van der Waals surface area contributed by atoms with Gasteiger partial charge in [-0.05, 0) is 44.2 Å². The maximum Gasteiger partial charge on any atom is 0.191 e. The third-order valence-corrected chi connectivity index (χ3v) is 4.68. The third kappa shape index (κ3) is 7.33. The van der Waals surface area contributed by atoms with Crippen LogP contribution in [0.25, 0.3) is 0 Å². The number of hydrogen-bond acceptors (Lipinski definition) is 4. The molecule has 2 rings (SSSR count). The minimum absolute atomic E-state index is 0. The molecule has 2 aromatic heterocycles. The van der Waals surface area contributed by atoms with Crippen LogP contribution < -0.4 is 10.6 Å². The molecule has 140 valence electrons. The zero-order valence-electron chi connectivity index (χ0n) is 15.0.